The van der Waals surface area contributed by atoms with Crippen molar-refractivity contribution >= 4 is 8.07 Å². The Morgan fingerprint density at radius 1 is 1.44 bits per heavy atom. The SMILES string of the molecule is C[Si](C)(C)[C@H](O)CCN. The van der Waals surface area contributed by atoms with Crippen LogP contribution in [-0.2, 0) is 0 Å². The Morgan fingerprint density at radius 2 is 1.89 bits per heavy atom. The van der Waals surface area contributed by atoms with Crippen molar-refractivity contribution in [1.82, 2.24) is 0 Å². The Balaban J connectivity index is 3.59. The molecule has 0 fully saturated rings. The third-order valence-corrected chi connectivity index (χ3v) is 3.73. The first kappa shape index (κ1) is 9.14. The highest BCUT2D eigenvalue weighted by Crippen LogP contribution is 2.09. The number of hydrogen-bond acceptors (Lipinski definition) is 2. The average Bonchev–Trinajstić information content (AvgIpc) is 1.64. The fourth-order valence-corrected chi connectivity index (χ4v) is 1.62. The first-order chi connectivity index (χ1) is 3.98. The Morgan fingerprint density at radius 3 is 2.00 bits per heavy atom. The first-order valence-electron chi connectivity index (χ1n) is 3.36. The number of rotatable bonds is 3. The van der Waals surface area contributed by atoms with Gasteiger partial charge in [0.25, 0.3) is 0 Å². The van der Waals surface area contributed by atoms with Gasteiger partial charge in [0, 0.05) is 5.73 Å². The van der Waals surface area contributed by atoms with Crippen LogP contribution in [0.5, 0.6) is 0 Å². The smallest absolute Gasteiger partial charge is 0.0782 e. The van der Waals surface area contributed by atoms with E-state index in [-0.39, 0.29) is 5.73 Å². The van der Waals surface area contributed by atoms with E-state index in [4.69, 9.17) is 5.73 Å². The summed E-state index contributed by atoms with van der Waals surface area (Å²) >= 11 is 0. The van der Waals surface area contributed by atoms with Crippen LogP contribution in [0, 0.1) is 0 Å². The van der Waals surface area contributed by atoms with Crippen LogP contribution in [0.1, 0.15) is 6.42 Å². The van der Waals surface area contributed by atoms with E-state index in [0.717, 1.165) is 6.42 Å². The molecule has 0 unspecified atom stereocenters. The average molecular weight is 147 g/mol. The van der Waals surface area contributed by atoms with E-state index >= 15 is 0 Å². The van der Waals surface area contributed by atoms with E-state index in [9.17, 15) is 5.11 Å². The van der Waals surface area contributed by atoms with Crippen LogP contribution in [0.25, 0.3) is 0 Å². The van der Waals surface area contributed by atoms with Crippen molar-refractivity contribution in [3.63, 3.8) is 0 Å². The molecule has 0 aliphatic heterocycles. The summed E-state index contributed by atoms with van der Waals surface area (Å²) in [4.78, 5) is 0. The van der Waals surface area contributed by atoms with E-state index in [1.807, 2.05) is 0 Å². The molecule has 0 spiro atoms. The summed E-state index contributed by atoms with van der Waals surface area (Å²) in [5.74, 6) is 0. The van der Waals surface area contributed by atoms with Crippen LogP contribution in [0.4, 0.5) is 0 Å². The molecule has 0 radical (unpaired) electrons. The van der Waals surface area contributed by atoms with Crippen molar-refractivity contribution in [3.8, 4) is 0 Å². The van der Waals surface area contributed by atoms with Gasteiger partial charge >= 0.3 is 0 Å². The summed E-state index contributed by atoms with van der Waals surface area (Å²) in [5, 5.41) is 9.37. The predicted octanol–water partition coefficient (Wildman–Crippen LogP) is 0.574. The lowest BCUT2D eigenvalue weighted by atomic mass is 10.5. The van der Waals surface area contributed by atoms with Crippen molar-refractivity contribution in [1.29, 1.82) is 0 Å². The number of hydrogen-bond donors (Lipinski definition) is 2. The maximum Gasteiger partial charge on any atom is 0.0782 e. The molecule has 9 heavy (non-hydrogen) atoms. The molecule has 1 atom stereocenters. The van der Waals surface area contributed by atoms with E-state index in [0.29, 0.717) is 6.54 Å². The molecule has 3 N–H and O–H groups in total. The summed E-state index contributed by atoms with van der Waals surface area (Å²) in [6.07, 6.45) is 0.760. The number of aliphatic hydroxyl groups excluding tert-OH is 1. The molecule has 3 heteroatoms. The van der Waals surface area contributed by atoms with Crippen molar-refractivity contribution < 1.29 is 5.11 Å². The molecule has 0 aliphatic carbocycles. The van der Waals surface area contributed by atoms with E-state index in [1.54, 1.807) is 0 Å². The van der Waals surface area contributed by atoms with Gasteiger partial charge < -0.3 is 10.8 Å². The molecule has 0 heterocycles. The molecule has 2 nitrogen and oxygen atoms in total. The lowest BCUT2D eigenvalue weighted by Crippen LogP contribution is -2.39. The molecule has 0 aliphatic rings. The molecular weight excluding hydrogens is 130 g/mol. The lowest BCUT2D eigenvalue weighted by molar-refractivity contribution is 0.236. The highest BCUT2D eigenvalue weighted by atomic mass is 28.3. The van der Waals surface area contributed by atoms with Crippen molar-refractivity contribution in [2.45, 2.75) is 31.8 Å². The third-order valence-electron chi connectivity index (χ3n) is 1.44. The van der Waals surface area contributed by atoms with Gasteiger partial charge in [-0.05, 0) is 13.0 Å². The molecule has 0 aromatic heterocycles. The molecule has 0 amide bonds. The topological polar surface area (TPSA) is 46.2 Å². The van der Waals surface area contributed by atoms with Gasteiger partial charge in [-0.1, -0.05) is 19.6 Å². The summed E-state index contributed by atoms with van der Waals surface area (Å²) < 4.78 is 0. The molecule has 0 saturated heterocycles. The van der Waals surface area contributed by atoms with Gasteiger partial charge in [-0.15, -0.1) is 0 Å². The van der Waals surface area contributed by atoms with Crippen LogP contribution < -0.4 is 5.73 Å². The summed E-state index contributed by atoms with van der Waals surface area (Å²) in [7, 11) is -1.31. The van der Waals surface area contributed by atoms with Crippen LogP contribution in [0.15, 0.2) is 0 Å². The minimum atomic E-state index is -1.31. The molecular formula is C6H17NOSi. The molecule has 0 saturated carbocycles. The fraction of sp³-hybridized carbons (Fsp3) is 1.00. The Kier molecular flexibility index (Phi) is 3.39. The lowest BCUT2D eigenvalue weighted by Gasteiger charge is -2.22. The van der Waals surface area contributed by atoms with Gasteiger partial charge in [0.05, 0.1) is 8.07 Å². The zero-order valence-electron chi connectivity index (χ0n) is 6.52. The summed E-state index contributed by atoms with van der Waals surface area (Å²) in [6, 6.07) is 0. The van der Waals surface area contributed by atoms with E-state index in [1.165, 1.54) is 0 Å². The second-order valence-corrected chi connectivity index (χ2v) is 8.86. The van der Waals surface area contributed by atoms with Crippen LogP contribution in [0.3, 0.4) is 0 Å². The van der Waals surface area contributed by atoms with Gasteiger partial charge in [-0.3, -0.25) is 0 Å². The summed E-state index contributed by atoms with van der Waals surface area (Å²) in [6.45, 7) is 7.04. The van der Waals surface area contributed by atoms with E-state index in [2.05, 4.69) is 19.6 Å². The fourth-order valence-electron chi connectivity index (χ4n) is 0.591. The molecule has 56 valence electrons. The highest BCUT2D eigenvalue weighted by molar-refractivity contribution is 6.77. The van der Waals surface area contributed by atoms with Crippen molar-refractivity contribution in [2.75, 3.05) is 6.54 Å². The first-order valence-corrected chi connectivity index (χ1v) is 6.94. The Hall–Kier alpha value is 0.137. The highest BCUT2D eigenvalue weighted by Gasteiger charge is 2.22. The molecule has 0 rings (SSSR count). The predicted molar refractivity (Wildman–Crippen MR) is 43.0 cm³/mol. The summed E-state index contributed by atoms with van der Waals surface area (Å²) in [5.41, 5.74) is 5.17. The second-order valence-electron chi connectivity index (χ2n) is 3.46. The minimum absolute atomic E-state index is 0.123. The van der Waals surface area contributed by atoms with Crippen LogP contribution >= 0.6 is 0 Å². The largest absolute Gasteiger partial charge is 0.397 e. The van der Waals surface area contributed by atoms with Crippen molar-refractivity contribution in [2.24, 2.45) is 5.73 Å². The molecule has 0 aromatic rings. The van der Waals surface area contributed by atoms with Gasteiger partial charge in [-0.2, -0.15) is 0 Å². The third kappa shape index (κ3) is 3.67. The van der Waals surface area contributed by atoms with Gasteiger partial charge in [0.2, 0.25) is 0 Å². The number of aliphatic hydroxyl groups is 1. The minimum Gasteiger partial charge on any atom is -0.397 e. The van der Waals surface area contributed by atoms with Gasteiger partial charge in [0.15, 0.2) is 0 Å². The molecule has 0 aromatic carbocycles. The van der Waals surface area contributed by atoms with Crippen LogP contribution in [-0.4, -0.2) is 25.5 Å². The van der Waals surface area contributed by atoms with E-state index < -0.39 is 8.07 Å². The Bertz CT molecular complexity index is 79.6. The van der Waals surface area contributed by atoms with Crippen molar-refractivity contribution in [3.05, 3.63) is 0 Å². The number of nitrogens with two attached hydrogens (primary N) is 1. The quantitative estimate of drug-likeness (QED) is 0.573. The standard InChI is InChI=1S/C6H17NOSi/c1-9(2,3)6(8)4-5-7/h6,8H,4-5,7H2,1-3H3/t6-/m0/s1. The van der Waals surface area contributed by atoms with Gasteiger partial charge in [0.1, 0.15) is 0 Å². The van der Waals surface area contributed by atoms with Crippen LogP contribution in [0.2, 0.25) is 19.6 Å². The monoisotopic (exact) mass is 147 g/mol. The normalized spacial score (nSPS) is 15.7. The zero-order valence-corrected chi connectivity index (χ0v) is 7.52. The van der Waals surface area contributed by atoms with Gasteiger partial charge in [-0.25, -0.2) is 0 Å². The second kappa shape index (κ2) is 3.34. The Labute approximate surface area is 58.1 Å². The maximum atomic E-state index is 9.37. The zero-order chi connectivity index (χ0) is 7.49. The maximum absolute atomic E-state index is 9.37. The molecule has 0 bridgehead atoms.